The average molecular weight is 458 g/mol. The van der Waals surface area contributed by atoms with E-state index >= 15 is 0 Å². The maximum absolute atomic E-state index is 12.5. The molecular formula is C24H31N3O4S. The van der Waals surface area contributed by atoms with Crippen molar-refractivity contribution in [1.29, 1.82) is 0 Å². The number of amides is 1. The van der Waals surface area contributed by atoms with Crippen molar-refractivity contribution in [3.05, 3.63) is 65.2 Å². The van der Waals surface area contributed by atoms with Gasteiger partial charge in [-0.1, -0.05) is 24.3 Å². The zero-order valence-electron chi connectivity index (χ0n) is 18.8. The number of carbonyl (C=O) groups is 2. The number of hydrogen-bond acceptors (Lipinski definition) is 5. The summed E-state index contributed by atoms with van der Waals surface area (Å²) >= 11 is 0. The van der Waals surface area contributed by atoms with Crippen LogP contribution in [0.2, 0.25) is 0 Å². The lowest BCUT2D eigenvalue weighted by Gasteiger charge is -2.20. The molecule has 7 nitrogen and oxygen atoms in total. The van der Waals surface area contributed by atoms with E-state index in [0.29, 0.717) is 29.6 Å². The zero-order chi connectivity index (χ0) is 23.3. The fourth-order valence-electron chi connectivity index (χ4n) is 3.74. The second-order valence-corrected chi connectivity index (χ2v) is 10.3. The number of sulfonamides is 1. The maximum Gasteiger partial charge on any atom is 0.251 e. The molecule has 0 spiro atoms. The Bertz CT molecular complexity index is 1050. The minimum absolute atomic E-state index is 0.0986. The highest BCUT2D eigenvalue weighted by Gasteiger charge is 2.24. The van der Waals surface area contributed by atoms with Crippen LogP contribution in [-0.2, 0) is 16.6 Å². The number of hydrogen-bond donors (Lipinski definition) is 2. The molecule has 1 saturated heterocycles. The highest BCUT2D eigenvalue weighted by Crippen LogP contribution is 2.18. The first-order valence-electron chi connectivity index (χ1n) is 10.9. The predicted octanol–water partition coefficient (Wildman–Crippen LogP) is 2.83. The molecule has 1 aliphatic rings. The number of rotatable bonds is 9. The summed E-state index contributed by atoms with van der Waals surface area (Å²) in [7, 11) is -3.70. The molecule has 1 atom stereocenters. The summed E-state index contributed by atoms with van der Waals surface area (Å²) in [4.78, 5) is 26.3. The molecule has 1 fully saturated rings. The van der Waals surface area contributed by atoms with E-state index in [4.69, 9.17) is 0 Å². The molecule has 1 aliphatic heterocycles. The molecule has 0 bridgehead atoms. The molecule has 3 rings (SSSR count). The Morgan fingerprint density at radius 2 is 1.66 bits per heavy atom. The smallest absolute Gasteiger partial charge is 0.251 e. The number of likely N-dealkylation sites (tertiary alicyclic amines) is 1. The van der Waals surface area contributed by atoms with E-state index in [1.165, 1.54) is 31.2 Å². The van der Waals surface area contributed by atoms with Gasteiger partial charge in [0.2, 0.25) is 10.0 Å². The van der Waals surface area contributed by atoms with Gasteiger partial charge in [0.15, 0.2) is 5.78 Å². The molecule has 2 aromatic rings. The molecule has 8 heteroatoms. The van der Waals surface area contributed by atoms with E-state index in [-0.39, 0.29) is 23.1 Å². The van der Waals surface area contributed by atoms with Crippen LogP contribution in [0.25, 0.3) is 0 Å². The molecule has 32 heavy (non-hydrogen) atoms. The molecule has 0 aromatic heterocycles. The number of carbonyl (C=O) groups excluding carboxylic acids is 2. The van der Waals surface area contributed by atoms with Gasteiger partial charge < -0.3 is 10.2 Å². The van der Waals surface area contributed by atoms with Gasteiger partial charge in [-0.3, -0.25) is 9.59 Å². The molecule has 0 saturated carbocycles. The number of benzene rings is 2. The van der Waals surface area contributed by atoms with Crippen molar-refractivity contribution in [2.24, 2.45) is 5.92 Å². The van der Waals surface area contributed by atoms with E-state index < -0.39 is 10.0 Å². The highest BCUT2D eigenvalue weighted by atomic mass is 32.2. The van der Waals surface area contributed by atoms with E-state index in [0.717, 1.165) is 25.1 Å². The molecule has 172 valence electrons. The largest absolute Gasteiger partial charge is 0.352 e. The Hall–Kier alpha value is -2.55. The summed E-state index contributed by atoms with van der Waals surface area (Å²) in [5, 5.41) is 3.01. The van der Waals surface area contributed by atoms with Crippen LogP contribution in [0.1, 0.15) is 53.5 Å². The first kappa shape index (κ1) is 24.1. The van der Waals surface area contributed by atoms with E-state index in [2.05, 4.69) is 28.8 Å². The monoisotopic (exact) mass is 457 g/mol. The predicted molar refractivity (Wildman–Crippen MR) is 124 cm³/mol. The first-order chi connectivity index (χ1) is 15.2. The van der Waals surface area contributed by atoms with Crippen molar-refractivity contribution in [1.82, 2.24) is 14.9 Å². The molecule has 0 radical (unpaired) electrons. The lowest BCUT2D eigenvalue weighted by Crippen LogP contribution is -2.33. The number of ketones is 1. The summed E-state index contributed by atoms with van der Waals surface area (Å²) < 4.78 is 27.5. The third-order valence-corrected chi connectivity index (χ3v) is 7.27. The average Bonchev–Trinajstić information content (AvgIpc) is 3.26. The maximum atomic E-state index is 12.5. The summed E-state index contributed by atoms with van der Waals surface area (Å²) in [6.07, 6.45) is 1.09. The van der Waals surface area contributed by atoms with Crippen LogP contribution < -0.4 is 10.0 Å². The quantitative estimate of drug-likeness (QED) is 0.565. The Kier molecular flexibility index (Phi) is 7.82. The van der Waals surface area contributed by atoms with E-state index in [9.17, 15) is 18.0 Å². The van der Waals surface area contributed by atoms with Crippen LogP contribution in [-0.4, -0.2) is 50.7 Å². The molecule has 1 unspecified atom stereocenters. The SMILES string of the molecule is CC(=O)c1ccc(S(=O)(=O)NCc2ccc(C(=O)NCC3CCN(C(C)C)C3)cc2)cc1. The fraction of sp³-hybridized carbons (Fsp3) is 0.417. The Labute approximate surface area is 190 Å². The van der Waals surface area contributed by atoms with Gasteiger partial charge in [0.1, 0.15) is 0 Å². The van der Waals surface area contributed by atoms with Crippen LogP contribution in [0, 0.1) is 5.92 Å². The van der Waals surface area contributed by atoms with Gasteiger partial charge in [-0.25, -0.2) is 13.1 Å². The normalized spacial score (nSPS) is 16.9. The standard InChI is InChI=1S/C24H31N3O4S/c1-17(2)27-13-12-20(16-27)14-25-24(29)22-6-4-19(5-7-22)15-26-32(30,31)23-10-8-21(9-11-23)18(3)28/h4-11,17,20,26H,12-16H2,1-3H3,(H,25,29). The van der Waals surface area contributed by atoms with Crippen LogP contribution in [0.5, 0.6) is 0 Å². The lowest BCUT2D eigenvalue weighted by atomic mass is 10.1. The van der Waals surface area contributed by atoms with Gasteiger partial charge >= 0.3 is 0 Å². The van der Waals surface area contributed by atoms with Crippen molar-refractivity contribution in [2.45, 2.75) is 44.7 Å². The molecule has 1 heterocycles. The van der Waals surface area contributed by atoms with Crippen LogP contribution in [0.15, 0.2) is 53.4 Å². The van der Waals surface area contributed by atoms with E-state index in [1.54, 1.807) is 24.3 Å². The van der Waals surface area contributed by atoms with Gasteiger partial charge in [0, 0.05) is 36.8 Å². The lowest BCUT2D eigenvalue weighted by molar-refractivity contribution is 0.0946. The van der Waals surface area contributed by atoms with Crippen LogP contribution in [0.4, 0.5) is 0 Å². The third-order valence-electron chi connectivity index (χ3n) is 5.85. The highest BCUT2D eigenvalue weighted by molar-refractivity contribution is 7.89. The van der Waals surface area contributed by atoms with Crippen molar-refractivity contribution < 1.29 is 18.0 Å². The van der Waals surface area contributed by atoms with Crippen molar-refractivity contribution in [2.75, 3.05) is 19.6 Å². The summed E-state index contributed by atoms with van der Waals surface area (Å²) in [6.45, 7) is 8.65. The molecule has 2 aromatic carbocycles. The van der Waals surface area contributed by atoms with Gasteiger partial charge in [-0.2, -0.15) is 0 Å². The number of nitrogens with zero attached hydrogens (tertiary/aromatic N) is 1. The Morgan fingerprint density at radius 1 is 1.03 bits per heavy atom. The van der Waals surface area contributed by atoms with Gasteiger partial charge in [0.25, 0.3) is 5.91 Å². The molecule has 1 amide bonds. The third kappa shape index (κ3) is 6.25. The van der Waals surface area contributed by atoms with E-state index in [1.807, 2.05) is 0 Å². The summed E-state index contributed by atoms with van der Waals surface area (Å²) in [5.41, 5.74) is 1.76. The van der Waals surface area contributed by atoms with Crippen molar-refractivity contribution in [3.8, 4) is 0 Å². The fourth-order valence-corrected chi connectivity index (χ4v) is 4.76. The van der Waals surface area contributed by atoms with Crippen LogP contribution in [0.3, 0.4) is 0 Å². The van der Waals surface area contributed by atoms with Crippen molar-refractivity contribution in [3.63, 3.8) is 0 Å². The second-order valence-electron chi connectivity index (χ2n) is 8.56. The Balaban J connectivity index is 1.50. The summed E-state index contributed by atoms with van der Waals surface area (Å²) in [5.74, 6) is 0.233. The topological polar surface area (TPSA) is 95.6 Å². The zero-order valence-corrected chi connectivity index (χ0v) is 19.6. The molecule has 2 N–H and O–H groups in total. The van der Waals surface area contributed by atoms with Crippen molar-refractivity contribution >= 4 is 21.7 Å². The molecular weight excluding hydrogens is 426 g/mol. The summed E-state index contributed by atoms with van der Waals surface area (Å²) in [6, 6.07) is 13.2. The van der Waals surface area contributed by atoms with Crippen LogP contribution >= 0.6 is 0 Å². The number of nitrogens with one attached hydrogen (secondary N) is 2. The van der Waals surface area contributed by atoms with Gasteiger partial charge in [-0.05, 0) is 69.5 Å². The number of Topliss-reactive ketones (excluding diaryl/α,β-unsaturated/α-hetero) is 1. The second kappa shape index (κ2) is 10.4. The minimum Gasteiger partial charge on any atom is -0.352 e. The van der Waals surface area contributed by atoms with Gasteiger partial charge in [0.05, 0.1) is 4.90 Å². The first-order valence-corrected chi connectivity index (χ1v) is 12.4. The Morgan fingerprint density at radius 3 is 2.22 bits per heavy atom. The molecule has 0 aliphatic carbocycles. The van der Waals surface area contributed by atoms with Gasteiger partial charge in [-0.15, -0.1) is 0 Å². The minimum atomic E-state index is -3.70.